The molecule has 1 aromatic carbocycles. The Bertz CT molecular complexity index is 462. The Morgan fingerprint density at radius 3 is 2.82 bits per heavy atom. The molecule has 3 heteroatoms. The number of hydrogen-bond acceptors (Lipinski definition) is 2. The zero-order chi connectivity index (χ0) is 11.9. The van der Waals surface area contributed by atoms with Crippen LogP contribution in [-0.2, 0) is 17.9 Å². The second-order valence-corrected chi connectivity index (χ2v) is 3.78. The fourth-order valence-electron chi connectivity index (χ4n) is 1.53. The molecule has 0 spiro atoms. The molecule has 2 rings (SSSR count). The standard InChI is InChI=1S/C14H16N2O/c1-2-13-10-15-16(11-13)8-9-17-12-14-6-4-3-5-7-14/h2-7,10-11H,1,8-9,12H2. The average molecular weight is 228 g/mol. The third-order valence-corrected chi connectivity index (χ3v) is 2.47. The molecule has 0 fully saturated rings. The van der Waals surface area contributed by atoms with E-state index in [1.165, 1.54) is 5.56 Å². The molecule has 0 saturated heterocycles. The summed E-state index contributed by atoms with van der Waals surface area (Å²) in [5.74, 6) is 0. The summed E-state index contributed by atoms with van der Waals surface area (Å²) < 4.78 is 7.44. The van der Waals surface area contributed by atoms with Crippen LogP contribution in [0.3, 0.4) is 0 Å². The molecule has 0 aliphatic carbocycles. The summed E-state index contributed by atoms with van der Waals surface area (Å²) >= 11 is 0. The minimum atomic E-state index is 0.649. The monoisotopic (exact) mass is 228 g/mol. The maximum Gasteiger partial charge on any atom is 0.0717 e. The minimum absolute atomic E-state index is 0.649. The van der Waals surface area contributed by atoms with E-state index in [4.69, 9.17) is 4.74 Å². The smallest absolute Gasteiger partial charge is 0.0717 e. The Kier molecular flexibility index (Phi) is 4.11. The first-order valence-corrected chi connectivity index (χ1v) is 5.65. The maximum absolute atomic E-state index is 5.58. The van der Waals surface area contributed by atoms with Crippen LogP contribution in [0.1, 0.15) is 11.1 Å². The van der Waals surface area contributed by atoms with E-state index in [2.05, 4.69) is 23.8 Å². The molecule has 88 valence electrons. The van der Waals surface area contributed by atoms with E-state index in [1.54, 1.807) is 12.3 Å². The molecule has 0 aliphatic heterocycles. The first kappa shape index (κ1) is 11.6. The summed E-state index contributed by atoms with van der Waals surface area (Å²) in [4.78, 5) is 0. The molecule has 0 atom stereocenters. The highest BCUT2D eigenvalue weighted by Gasteiger charge is 1.95. The van der Waals surface area contributed by atoms with Crippen LogP contribution in [0.15, 0.2) is 49.3 Å². The number of ether oxygens (including phenoxy) is 1. The van der Waals surface area contributed by atoms with E-state index in [0.29, 0.717) is 13.2 Å². The van der Waals surface area contributed by atoms with Crippen molar-refractivity contribution in [3.8, 4) is 0 Å². The second-order valence-electron chi connectivity index (χ2n) is 3.78. The molecule has 0 aliphatic rings. The number of aromatic nitrogens is 2. The van der Waals surface area contributed by atoms with Gasteiger partial charge in [-0.25, -0.2) is 0 Å². The maximum atomic E-state index is 5.58. The molecule has 1 aromatic heterocycles. The van der Waals surface area contributed by atoms with Gasteiger partial charge in [0.25, 0.3) is 0 Å². The van der Waals surface area contributed by atoms with Crippen LogP contribution in [0.2, 0.25) is 0 Å². The topological polar surface area (TPSA) is 27.1 Å². The van der Waals surface area contributed by atoms with Gasteiger partial charge in [0.05, 0.1) is 26.0 Å². The van der Waals surface area contributed by atoms with E-state index in [9.17, 15) is 0 Å². The summed E-state index contributed by atoms with van der Waals surface area (Å²) in [5, 5.41) is 4.20. The van der Waals surface area contributed by atoms with Gasteiger partial charge in [-0.15, -0.1) is 0 Å². The molecule has 0 saturated carbocycles. The van der Waals surface area contributed by atoms with E-state index in [1.807, 2.05) is 29.1 Å². The van der Waals surface area contributed by atoms with Gasteiger partial charge in [-0.3, -0.25) is 4.68 Å². The van der Waals surface area contributed by atoms with Crippen molar-refractivity contribution in [2.45, 2.75) is 13.2 Å². The van der Waals surface area contributed by atoms with Crippen molar-refractivity contribution in [3.63, 3.8) is 0 Å². The Labute approximate surface area is 101 Å². The zero-order valence-corrected chi connectivity index (χ0v) is 9.75. The molecule has 0 bridgehead atoms. The molecular weight excluding hydrogens is 212 g/mol. The second kappa shape index (κ2) is 6.01. The molecular formula is C14H16N2O. The first-order chi connectivity index (χ1) is 8.38. The lowest BCUT2D eigenvalue weighted by atomic mass is 10.2. The largest absolute Gasteiger partial charge is 0.375 e. The van der Waals surface area contributed by atoms with Crippen molar-refractivity contribution in [2.75, 3.05) is 6.61 Å². The van der Waals surface area contributed by atoms with E-state index in [-0.39, 0.29) is 0 Å². The van der Waals surface area contributed by atoms with Gasteiger partial charge in [0.15, 0.2) is 0 Å². The normalized spacial score (nSPS) is 10.4. The molecule has 0 amide bonds. The highest BCUT2D eigenvalue weighted by atomic mass is 16.5. The lowest BCUT2D eigenvalue weighted by Gasteiger charge is -2.04. The van der Waals surface area contributed by atoms with Crippen molar-refractivity contribution in [1.29, 1.82) is 0 Å². The van der Waals surface area contributed by atoms with Crippen LogP contribution in [0.4, 0.5) is 0 Å². The molecule has 3 nitrogen and oxygen atoms in total. The Balaban J connectivity index is 1.71. The first-order valence-electron chi connectivity index (χ1n) is 5.65. The van der Waals surface area contributed by atoms with Crippen molar-refractivity contribution in [1.82, 2.24) is 9.78 Å². The van der Waals surface area contributed by atoms with Gasteiger partial charge in [-0.2, -0.15) is 5.10 Å². The molecule has 0 radical (unpaired) electrons. The van der Waals surface area contributed by atoms with Gasteiger partial charge in [0, 0.05) is 11.8 Å². The van der Waals surface area contributed by atoms with E-state index in [0.717, 1.165) is 12.1 Å². The summed E-state index contributed by atoms with van der Waals surface area (Å²) in [7, 11) is 0. The van der Waals surface area contributed by atoms with Gasteiger partial charge in [0.1, 0.15) is 0 Å². The third kappa shape index (κ3) is 3.57. The molecule has 0 N–H and O–H groups in total. The van der Waals surface area contributed by atoms with E-state index < -0.39 is 0 Å². The fraction of sp³-hybridized carbons (Fsp3) is 0.214. The summed E-state index contributed by atoms with van der Waals surface area (Å²) in [5.41, 5.74) is 2.23. The summed E-state index contributed by atoms with van der Waals surface area (Å²) in [6.45, 7) is 5.77. The van der Waals surface area contributed by atoms with E-state index >= 15 is 0 Å². The molecule has 17 heavy (non-hydrogen) atoms. The zero-order valence-electron chi connectivity index (χ0n) is 9.75. The minimum Gasteiger partial charge on any atom is -0.375 e. The third-order valence-electron chi connectivity index (χ3n) is 2.47. The van der Waals surface area contributed by atoms with Crippen LogP contribution in [0, 0.1) is 0 Å². The lowest BCUT2D eigenvalue weighted by Crippen LogP contribution is -2.06. The number of rotatable bonds is 6. The van der Waals surface area contributed by atoms with Gasteiger partial charge in [-0.05, 0) is 5.56 Å². The number of benzene rings is 1. The number of nitrogens with zero attached hydrogens (tertiary/aromatic N) is 2. The van der Waals surface area contributed by atoms with Crippen molar-refractivity contribution in [3.05, 3.63) is 60.4 Å². The SMILES string of the molecule is C=Cc1cnn(CCOCc2ccccc2)c1. The van der Waals surface area contributed by atoms with Crippen molar-refractivity contribution < 1.29 is 4.74 Å². The number of hydrogen-bond donors (Lipinski definition) is 0. The predicted molar refractivity (Wildman–Crippen MR) is 68.4 cm³/mol. The predicted octanol–water partition coefficient (Wildman–Crippen LogP) is 2.74. The molecule has 2 aromatic rings. The molecule has 1 heterocycles. The fourth-order valence-corrected chi connectivity index (χ4v) is 1.53. The summed E-state index contributed by atoms with van der Waals surface area (Å²) in [6, 6.07) is 10.2. The van der Waals surface area contributed by atoms with Crippen molar-refractivity contribution in [2.24, 2.45) is 0 Å². The van der Waals surface area contributed by atoms with Crippen LogP contribution in [0.5, 0.6) is 0 Å². The Morgan fingerprint density at radius 1 is 1.29 bits per heavy atom. The van der Waals surface area contributed by atoms with Crippen LogP contribution in [-0.4, -0.2) is 16.4 Å². The highest BCUT2D eigenvalue weighted by molar-refractivity contribution is 5.43. The van der Waals surface area contributed by atoms with Crippen LogP contribution in [0.25, 0.3) is 6.08 Å². The van der Waals surface area contributed by atoms with Gasteiger partial charge >= 0.3 is 0 Å². The average Bonchev–Trinajstić information content (AvgIpc) is 2.84. The highest BCUT2D eigenvalue weighted by Crippen LogP contribution is 2.01. The Morgan fingerprint density at radius 2 is 2.12 bits per heavy atom. The lowest BCUT2D eigenvalue weighted by molar-refractivity contribution is 0.111. The van der Waals surface area contributed by atoms with Gasteiger partial charge < -0.3 is 4.74 Å². The Hall–Kier alpha value is -1.87. The quantitative estimate of drug-likeness (QED) is 0.711. The van der Waals surface area contributed by atoms with Gasteiger partial charge in [0.2, 0.25) is 0 Å². The van der Waals surface area contributed by atoms with Crippen LogP contribution < -0.4 is 0 Å². The summed E-state index contributed by atoms with van der Waals surface area (Å²) in [6.07, 6.45) is 5.54. The van der Waals surface area contributed by atoms with Gasteiger partial charge in [-0.1, -0.05) is 43.0 Å². The van der Waals surface area contributed by atoms with Crippen molar-refractivity contribution >= 4 is 6.08 Å². The molecule has 0 unspecified atom stereocenters. The van der Waals surface area contributed by atoms with Crippen LogP contribution >= 0.6 is 0 Å².